The summed E-state index contributed by atoms with van der Waals surface area (Å²) in [7, 11) is -2.03. The van der Waals surface area contributed by atoms with E-state index in [9.17, 15) is 13.2 Å². The van der Waals surface area contributed by atoms with Crippen molar-refractivity contribution in [3.05, 3.63) is 54.6 Å². The number of rotatable bonds is 9. The minimum Gasteiger partial charge on any atom is -0.382 e. The van der Waals surface area contributed by atoms with Crippen LogP contribution in [-0.4, -0.2) is 71.4 Å². The zero-order valence-electron chi connectivity index (χ0n) is 17.0. The van der Waals surface area contributed by atoms with Crippen molar-refractivity contribution < 1.29 is 22.1 Å². The summed E-state index contributed by atoms with van der Waals surface area (Å²) in [6.07, 6.45) is 0. The molecule has 8 nitrogen and oxygen atoms in total. The number of carbonyl (C=O) groups is 1. The van der Waals surface area contributed by atoms with Crippen molar-refractivity contribution >= 4 is 27.4 Å². The van der Waals surface area contributed by atoms with Crippen LogP contribution in [0.5, 0.6) is 5.75 Å². The fourth-order valence-electron chi connectivity index (χ4n) is 3.03. The van der Waals surface area contributed by atoms with Gasteiger partial charge in [-0.3, -0.25) is 9.69 Å². The average Bonchev–Trinajstić information content (AvgIpc) is 2.74. The van der Waals surface area contributed by atoms with Crippen LogP contribution in [0.4, 0.5) is 11.4 Å². The lowest BCUT2D eigenvalue weighted by Gasteiger charge is -2.28. The molecule has 2 aromatic rings. The van der Waals surface area contributed by atoms with E-state index in [2.05, 4.69) is 10.2 Å². The molecule has 1 saturated heterocycles. The van der Waals surface area contributed by atoms with E-state index in [-0.39, 0.29) is 30.5 Å². The van der Waals surface area contributed by atoms with Gasteiger partial charge in [-0.2, -0.15) is 8.42 Å². The lowest BCUT2D eigenvalue weighted by atomic mass is 10.2. The Bertz CT molecular complexity index is 913. The molecular weight excluding hydrogens is 406 g/mol. The molecule has 0 bridgehead atoms. The molecule has 1 aliphatic rings. The topological polar surface area (TPSA) is 88.2 Å². The number of likely N-dealkylation sites (N-methyl/N-ethyl adjacent to an activating group) is 1. The standard InChI is InChI=1S/C21H27N3O5S/c1-23(13-16-30(26,27)29-20-5-3-2-4-6-20)17-21(25)22-18-7-9-19(10-8-18)24-11-14-28-15-12-24/h2-10H,11-17H2,1H3,(H,22,25). The summed E-state index contributed by atoms with van der Waals surface area (Å²) in [5.74, 6) is -0.142. The van der Waals surface area contributed by atoms with Crippen molar-refractivity contribution in [1.29, 1.82) is 0 Å². The Morgan fingerprint density at radius 1 is 1.10 bits per heavy atom. The number of para-hydroxylation sites is 1. The second kappa shape index (κ2) is 10.4. The van der Waals surface area contributed by atoms with E-state index < -0.39 is 10.1 Å². The molecule has 1 fully saturated rings. The van der Waals surface area contributed by atoms with Gasteiger partial charge in [0, 0.05) is 31.0 Å². The van der Waals surface area contributed by atoms with Crippen molar-refractivity contribution in [2.24, 2.45) is 0 Å². The molecule has 0 aromatic heterocycles. The number of nitrogens with zero attached hydrogens (tertiary/aromatic N) is 2. The number of hydrogen-bond acceptors (Lipinski definition) is 7. The zero-order chi connectivity index (χ0) is 21.4. The maximum atomic E-state index is 12.3. The summed E-state index contributed by atoms with van der Waals surface area (Å²) in [6.45, 7) is 3.40. The summed E-state index contributed by atoms with van der Waals surface area (Å²) < 4.78 is 34.6. The molecule has 0 spiro atoms. The molecule has 30 heavy (non-hydrogen) atoms. The average molecular weight is 434 g/mol. The van der Waals surface area contributed by atoms with Crippen LogP contribution in [0.2, 0.25) is 0 Å². The summed E-state index contributed by atoms with van der Waals surface area (Å²) in [5.41, 5.74) is 1.79. The van der Waals surface area contributed by atoms with E-state index in [1.165, 1.54) is 0 Å². The Hall–Kier alpha value is -2.62. The first-order valence-corrected chi connectivity index (χ1v) is 11.4. The first-order valence-electron chi connectivity index (χ1n) is 9.80. The van der Waals surface area contributed by atoms with Gasteiger partial charge in [-0.15, -0.1) is 0 Å². The molecule has 0 unspecified atom stereocenters. The minimum atomic E-state index is -3.73. The van der Waals surface area contributed by atoms with Gasteiger partial charge in [0.15, 0.2) is 0 Å². The molecule has 3 rings (SSSR count). The van der Waals surface area contributed by atoms with Gasteiger partial charge in [0.2, 0.25) is 5.91 Å². The maximum Gasteiger partial charge on any atom is 0.310 e. The van der Waals surface area contributed by atoms with Gasteiger partial charge in [0.1, 0.15) is 5.75 Å². The first-order chi connectivity index (χ1) is 14.4. The second-order valence-corrected chi connectivity index (χ2v) is 8.78. The van der Waals surface area contributed by atoms with Gasteiger partial charge in [-0.25, -0.2) is 0 Å². The third-order valence-electron chi connectivity index (χ3n) is 4.63. The van der Waals surface area contributed by atoms with E-state index in [1.54, 1.807) is 42.3 Å². The number of carbonyl (C=O) groups excluding carboxylic acids is 1. The van der Waals surface area contributed by atoms with E-state index in [0.29, 0.717) is 5.69 Å². The smallest absolute Gasteiger partial charge is 0.310 e. The molecule has 2 aromatic carbocycles. The molecule has 162 valence electrons. The van der Waals surface area contributed by atoms with Gasteiger partial charge >= 0.3 is 10.1 Å². The Morgan fingerprint density at radius 3 is 2.43 bits per heavy atom. The predicted octanol–water partition coefficient (Wildman–Crippen LogP) is 1.80. The van der Waals surface area contributed by atoms with Gasteiger partial charge in [-0.1, -0.05) is 18.2 Å². The van der Waals surface area contributed by atoms with Crippen LogP contribution >= 0.6 is 0 Å². The summed E-state index contributed by atoms with van der Waals surface area (Å²) in [4.78, 5) is 16.1. The number of morpholine rings is 1. The van der Waals surface area contributed by atoms with Crippen LogP contribution in [-0.2, 0) is 19.6 Å². The quantitative estimate of drug-likeness (QED) is 0.604. The normalized spacial score (nSPS) is 14.5. The van der Waals surface area contributed by atoms with E-state index in [4.69, 9.17) is 8.92 Å². The van der Waals surface area contributed by atoms with Crippen molar-refractivity contribution in [2.45, 2.75) is 0 Å². The van der Waals surface area contributed by atoms with E-state index in [0.717, 1.165) is 32.0 Å². The monoisotopic (exact) mass is 433 g/mol. The summed E-state index contributed by atoms with van der Waals surface area (Å²) in [5, 5.41) is 2.84. The number of amides is 1. The SMILES string of the molecule is CN(CCS(=O)(=O)Oc1ccccc1)CC(=O)Nc1ccc(N2CCOCC2)cc1. The molecule has 0 aliphatic carbocycles. The minimum absolute atomic E-state index is 0.0755. The predicted molar refractivity (Wildman–Crippen MR) is 116 cm³/mol. The Morgan fingerprint density at radius 2 is 1.77 bits per heavy atom. The van der Waals surface area contributed by atoms with Gasteiger partial charge in [-0.05, 0) is 43.4 Å². The highest BCUT2D eigenvalue weighted by Crippen LogP contribution is 2.19. The van der Waals surface area contributed by atoms with Gasteiger partial charge < -0.3 is 19.1 Å². The second-order valence-electron chi connectivity index (χ2n) is 7.09. The molecular formula is C21H27N3O5S. The van der Waals surface area contributed by atoms with Crippen molar-refractivity contribution in [2.75, 3.05) is 62.4 Å². The van der Waals surface area contributed by atoms with Crippen LogP contribution < -0.4 is 14.4 Å². The Labute approximate surface area is 177 Å². The van der Waals surface area contributed by atoms with Crippen LogP contribution in [0, 0.1) is 0 Å². The molecule has 1 aliphatic heterocycles. The zero-order valence-corrected chi connectivity index (χ0v) is 17.8. The largest absolute Gasteiger partial charge is 0.382 e. The number of nitrogens with one attached hydrogen (secondary N) is 1. The third-order valence-corrected chi connectivity index (χ3v) is 5.76. The van der Waals surface area contributed by atoms with Crippen LogP contribution in [0.25, 0.3) is 0 Å². The highest BCUT2D eigenvalue weighted by molar-refractivity contribution is 7.87. The number of ether oxygens (including phenoxy) is 1. The summed E-state index contributed by atoms with van der Waals surface area (Å²) in [6, 6.07) is 16.0. The molecule has 1 N–H and O–H groups in total. The maximum absolute atomic E-state index is 12.3. The fourth-order valence-corrected chi connectivity index (χ4v) is 4.06. The lowest BCUT2D eigenvalue weighted by molar-refractivity contribution is -0.117. The first kappa shape index (κ1) is 22.1. The highest BCUT2D eigenvalue weighted by Gasteiger charge is 2.16. The van der Waals surface area contributed by atoms with Crippen LogP contribution in [0.1, 0.15) is 0 Å². The Kier molecular flexibility index (Phi) is 7.67. The van der Waals surface area contributed by atoms with Crippen molar-refractivity contribution in [3.63, 3.8) is 0 Å². The van der Waals surface area contributed by atoms with Gasteiger partial charge in [0.05, 0.1) is 25.5 Å². The molecule has 1 amide bonds. The molecule has 0 saturated carbocycles. The van der Waals surface area contributed by atoms with Crippen LogP contribution in [0.15, 0.2) is 54.6 Å². The van der Waals surface area contributed by atoms with Crippen LogP contribution in [0.3, 0.4) is 0 Å². The Balaban J connectivity index is 1.42. The fraction of sp³-hybridized carbons (Fsp3) is 0.381. The summed E-state index contributed by atoms with van der Waals surface area (Å²) >= 11 is 0. The van der Waals surface area contributed by atoms with Crippen molar-refractivity contribution in [3.8, 4) is 5.75 Å². The molecule has 9 heteroatoms. The van der Waals surface area contributed by atoms with E-state index >= 15 is 0 Å². The molecule has 0 radical (unpaired) electrons. The third kappa shape index (κ3) is 7.01. The molecule has 1 heterocycles. The number of anilines is 2. The van der Waals surface area contributed by atoms with Gasteiger partial charge in [0.25, 0.3) is 0 Å². The number of benzene rings is 2. The lowest BCUT2D eigenvalue weighted by Crippen LogP contribution is -2.36. The molecule has 0 atom stereocenters. The van der Waals surface area contributed by atoms with Crippen molar-refractivity contribution in [1.82, 2.24) is 4.90 Å². The van der Waals surface area contributed by atoms with E-state index in [1.807, 2.05) is 24.3 Å². The highest BCUT2D eigenvalue weighted by atomic mass is 32.2. The number of hydrogen-bond donors (Lipinski definition) is 1.